The lowest BCUT2D eigenvalue weighted by Gasteiger charge is -2.44. The molecule has 0 N–H and O–H groups in total. The Morgan fingerprint density at radius 2 is 1.59 bits per heavy atom. The third-order valence-corrected chi connectivity index (χ3v) is 7.19. The van der Waals surface area contributed by atoms with E-state index in [2.05, 4.69) is 4.98 Å². The molecular weight excluding hydrogens is 464 g/mol. The molecule has 3 aromatic carbocycles. The number of nitrogens with zero attached hydrogens (tertiary/aromatic N) is 4. The van der Waals surface area contributed by atoms with E-state index in [4.69, 9.17) is 4.74 Å². The van der Waals surface area contributed by atoms with E-state index >= 15 is 0 Å². The Bertz CT molecular complexity index is 1450. The third kappa shape index (κ3) is 4.60. The van der Waals surface area contributed by atoms with Crippen molar-refractivity contribution in [1.29, 1.82) is 0 Å². The van der Waals surface area contributed by atoms with Crippen LogP contribution in [0, 0.1) is 0 Å². The van der Waals surface area contributed by atoms with Crippen molar-refractivity contribution in [3.8, 4) is 11.5 Å². The molecule has 3 heterocycles. The zero-order valence-corrected chi connectivity index (χ0v) is 20.7. The van der Waals surface area contributed by atoms with Gasteiger partial charge in [0, 0.05) is 25.7 Å². The van der Waals surface area contributed by atoms with Gasteiger partial charge in [-0.05, 0) is 47.9 Å². The molecule has 1 fully saturated rings. The van der Waals surface area contributed by atoms with Crippen LogP contribution in [0.25, 0.3) is 0 Å². The number of rotatable bonds is 2. The summed E-state index contributed by atoms with van der Waals surface area (Å²) in [5, 5.41) is 0. The van der Waals surface area contributed by atoms with E-state index in [1.807, 2.05) is 90.4 Å². The molecule has 6 rings (SSSR count). The molecule has 4 bridgehead atoms. The van der Waals surface area contributed by atoms with Gasteiger partial charge in [0.05, 0.1) is 18.6 Å². The number of aromatic nitrogens is 2. The molecule has 186 valence electrons. The van der Waals surface area contributed by atoms with Gasteiger partial charge in [-0.3, -0.25) is 9.59 Å². The fraction of sp³-hybridized carbons (Fsp3) is 0.233. The second-order valence-electron chi connectivity index (χ2n) is 9.72. The number of carbonyl (C=O) groups excluding carboxylic acids is 2. The first kappa shape index (κ1) is 23.0. The molecule has 2 aliphatic rings. The Balaban J connectivity index is 1.41. The Hall–Kier alpha value is -4.39. The second-order valence-corrected chi connectivity index (χ2v) is 9.72. The highest BCUT2D eigenvalue weighted by molar-refractivity contribution is 5.97. The predicted octanol–water partition coefficient (Wildman–Crippen LogP) is 4.41. The van der Waals surface area contributed by atoms with Gasteiger partial charge in [-0.25, -0.2) is 4.98 Å². The van der Waals surface area contributed by atoms with Gasteiger partial charge in [-0.15, -0.1) is 0 Å². The number of fused-ring (bicyclic) bond motifs is 6. The van der Waals surface area contributed by atoms with Crippen molar-refractivity contribution in [3.05, 3.63) is 114 Å². The number of imidazole rings is 1. The number of benzene rings is 3. The summed E-state index contributed by atoms with van der Waals surface area (Å²) in [6.07, 6.45) is 3.95. The molecule has 37 heavy (non-hydrogen) atoms. The first-order chi connectivity index (χ1) is 18.0. The standard InChI is InChI=1S/C30H28N4O3/c1-21-29(35)34-19-25-16-31-20-32(25)17-24-10-6-12-27(14-24)37-26-11-5-9-23(13-26)15-28(34)30(36)33(21)18-22-7-3-2-4-8-22/h2-14,16,20-21,28H,15,17-19H2,1H3/t21?,28-/m1/s1. The fourth-order valence-electron chi connectivity index (χ4n) is 5.22. The number of hydrogen-bond donors (Lipinski definition) is 0. The molecule has 7 nitrogen and oxygen atoms in total. The Kier molecular flexibility index (Phi) is 5.96. The van der Waals surface area contributed by atoms with Crippen molar-refractivity contribution in [2.75, 3.05) is 0 Å². The second kappa shape index (κ2) is 9.58. The van der Waals surface area contributed by atoms with Crippen molar-refractivity contribution in [2.45, 2.75) is 45.1 Å². The third-order valence-electron chi connectivity index (χ3n) is 7.19. The molecule has 2 atom stereocenters. The van der Waals surface area contributed by atoms with E-state index in [-0.39, 0.29) is 11.8 Å². The average molecular weight is 493 g/mol. The SMILES string of the molecule is CC1C(=O)N2Cc3cncn3Cc3cccc(c3)Oc3cccc(c3)C[C@@H]2C(=O)N1Cc1ccccc1. The number of amides is 2. The maximum atomic E-state index is 14.0. The molecule has 1 aromatic heterocycles. The minimum Gasteiger partial charge on any atom is -0.457 e. The number of hydrogen-bond acceptors (Lipinski definition) is 4. The van der Waals surface area contributed by atoms with E-state index in [1.54, 1.807) is 22.3 Å². The van der Waals surface area contributed by atoms with Crippen LogP contribution in [-0.2, 0) is 35.6 Å². The molecule has 7 heteroatoms. The van der Waals surface area contributed by atoms with E-state index < -0.39 is 12.1 Å². The fourth-order valence-corrected chi connectivity index (χ4v) is 5.22. The Labute approximate surface area is 215 Å². The summed E-state index contributed by atoms with van der Waals surface area (Å²) < 4.78 is 8.20. The smallest absolute Gasteiger partial charge is 0.246 e. The van der Waals surface area contributed by atoms with Crippen LogP contribution in [0.3, 0.4) is 0 Å². The molecule has 2 aliphatic heterocycles. The van der Waals surface area contributed by atoms with Gasteiger partial charge in [0.1, 0.15) is 23.6 Å². The number of piperazine rings is 1. The molecule has 0 aliphatic carbocycles. The van der Waals surface area contributed by atoms with Crippen LogP contribution in [0.4, 0.5) is 0 Å². The van der Waals surface area contributed by atoms with Crippen LogP contribution in [0.15, 0.2) is 91.4 Å². The molecule has 4 aromatic rings. The largest absolute Gasteiger partial charge is 0.457 e. The molecular formula is C30H28N4O3. The monoisotopic (exact) mass is 492 g/mol. The summed E-state index contributed by atoms with van der Waals surface area (Å²) in [6.45, 7) is 3.12. The van der Waals surface area contributed by atoms with Gasteiger partial charge in [-0.2, -0.15) is 0 Å². The van der Waals surface area contributed by atoms with Gasteiger partial charge >= 0.3 is 0 Å². The van der Waals surface area contributed by atoms with Crippen LogP contribution in [0.2, 0.25) is 0 Å². The highest BCUT2D eigenvalue weighted by atomic mass is 16.5. The normalized spacial score (nSPS) is 19.5. The van der Waals surface area contributed by atoms with Gasteiger partial charge < -0.3 is 19.1 Å². The molecule has 1 saturated heterocycles. The van der Waals surface area contributed by atoms with Gasteiger partial charge in [0.2, 0.25) is 11.8 Å². The van der Waals surface area contributed by atoms with E-state index in [9.17, 15) is 9.59 Å². The lowest BCUT2D eigenvalue weighted by atomic mass is 9.97. The van der Waals surface area contributed by atoms with Crippen molar-refractivity contribution >= 4 is 11.8 Å². The average Bonchev–Trinajstić information content (AvgIpc) is 3.34. The highest BCUT2D eigenvalue weighted by Crippen LogP contribution is 2.29. The summed E-state index contributed by atoms with van der Waals surface area (Å²) in [4.78, 5) is 35.6. The molecule has 0 spiro atoms. The number of ether oxygens (including phenoxy) is 1. The summed E-state index contributed by atoms with van der Waals surface area (Å²) in [6, 6.07) is 24.4. The molecule has 1 unspecified atom stereocenters. The van der Waals surface area contributed by atoms with Gasteiger partial charge in [0.25, 0.3) is 0 Å². The first-order valence-corrected chi connectivity index (χ1v) is 12.5. The van der Waals surface area contributed by atoms with E-state index in [0.29, 0.717) is 31.8 Å². The summed E-state index contributed by atoms with van der Waals surface area (Å²) in [5.41, 5.74) is 3.88. The topological polar surface area (TPSA) is 67.7 Å². The maximum absolute atomic E-state index is 14.0. The predicted molar refractivity (Wildman–Crippen MR) is 139 cm³/mol. The van der Waals surface area contributed by atoms with Crippen LogP contribution in [0.5, 0.6) is 11.5 Å². The zero-order chi connectivity index (χ0) is 25.4. The highest BCUT2D eigenvalue weighted by Gasteiger charge is 2.44. The zero-order valence-electron chi connectivity index (χ0n) is 20.7. The molecule has 0 radical (unpaired) electrons. The van der Waals surface area contributed by atoms with Crippen LogP contribution >= 0.6 is 0 Å². The Morgan fingerprint density at radius 1 is 0.865 bits per heavy atom. The summed E-state index contributed by atoms with van der Waals surface area (Å²) in [5.74, 6) is 1.34. The van der Waals surface area contributed by atoms with Crippen LogP contribution in [-0.4, -0.2) is 43.2 Å². The summed E-state index contributed by atoms with van der Waals surface area (Å²) in [7, 11) is 0. The van der Waals surface area contributed by atoms with Gasteiger partial charge in [-0.1, -0.05) is 54.6 Å². The van der Waals surface area contributed by atoms with Crippen molar-refractivity contribution < 1.29 is 14.3 Å². The Morgan fingerprint density at radius 3 is 2.38 bits per heavy atom. The lowest BCUT2D eigenvalue weighted by Crippen LogP contribution is -2.63. The minimum atomic E-state index is -0.633. The van der Waals surface area contributed by atoms with Crippen molar-refractivity contribution in [1.82, 2.24) is 19.4 Å². The quantitative estimate of drug-likeness (QED) is 0.416. The van der Waals surface area contributed by atoms with Crippen LogP contribution in [0.1, 0.15) is 29.3 Å². The van der Waals surface area contributed by atoms with Gasteiger partial charge in [0.15, 0.2) is 0 Å². The molecule has 2 amide bonds. The van der Waals surface area contributed by atoms with Crippen LogP contribution < -0.4 is 4.74 Å². The molecule has 0 saturated carbocycles. The van der Waals surface area contributed by atoms with E-state index in [1.165, 1.54) is 0 Å². The maximum Gasteiger partial charge on any atom is 0.246 e. The van der Waals surface area contributed by atoms with E-state index in [0.717, 1.165) is 28.1 Å². The van der Waals surface area contributed by atoms with Crippen molar-refractivity contribution in [3.63, 3.8) is 0 Å². The van der Waals surface area contributed by atoms with Crippen molar-refractivity contribution in [2.24, 2.45) is 0 Å². The first-order valence-electron chi connectivity index (χ1n) is 12.5. The summed E-state index contributed by atoms with van der Waals surface area (Å²) >= 11 is 0. The number of carbonyl (C=O) groups is 2. The lowest BCUT2D eigenvalue weighted by molar-refractivity contribution is -0.162. The minimum absolute atomic E-state index is 0.0503.